The molecule has 3 heteroatoms. The van der Waals surface area contributed by atoms with Crippen molar-refractivity contribution in [3.05, 3.63) is 42.0 Å². The molecule has 1 aromatic carbocycles. The number of carbonyl (C=O) groups excluding carboxylic acids is 2. The SMILES string of the molecule is CCC(=O)C(CCC=CCCc1ccc(OC)cc1)C(=O)CC. The van der Waals surface area contributed by atoms with Gasteiger partial charge in [0.2, 0.25) is 0 Å². The molecule has 0 aliphatic carbocycles. The number of Topliss-reactive ketones (excluding diaryl/α,β-unsaturated/α-hetero) is 2. The normalized spacial score (nSPS) is 11.1. The third-order valence-electron chi connectivity index (χ3n) is 4.02. The van der Waals surface area contributed by atoms with Crippen LogP contribution in [0.5, 0.6) is 5.75 Å². The van der Waals surface area contributed by atoms with Gasteiger partial charge in [-0.3, -0.25) is 9.59 Å². The van der Waals surface area contributed by atoms with E-state index in [1.807, 2.05) is 26.0 Å². The highest BCUT2D eigenvalue weighted by atomic mass is 16.5. The molecule has 0 N–H and O–H groups in total. The zero-order valence-corrected chi connectivity index (χ0v) is 14.5. The van der Waals surface area contributed by atoms with E-state index >= 15 is 0 Å². The second-order valence-corrected chi connectivity index (χ2v) is 5.63. The standard InChI is InChI=1S/C20H28O3/c1-4-19(21)18(20(22)5-2)11-9-7-6-8-10-16-12-14-17(23-3)15-13-16/h6-7,12-15,18H,4-5,8-11H2,1-3H3. The number of carbonyl (C=O) groups is 2. The molecule has 0 saturated carbocycles. The number of methoxy groups -OCH3 is 1. The monoisotopic (exact) mass is 316 g/mol. The molecule has 126 valence electrons. The highest BCUT2D eigenvalue weighted by molar-refractivity contribution is 6.02. The summed E-state index contributed by atoms with van der Waals surface area (Å²) in [6.07, 6.45) is 8.46. The van der Waals surface area contributed by atoms with Crippen LogP contribution in [0.1, 0.15) is 51.5 Å². The predicted octanol–water partition coefficient (Wildman–Crippen LogP) is 4.54. The molecule has 0 fully saturated rings. The van der Waals surface area contributed by atoms with Crippen molar-refractivity contribution in [2.24, 2.45) is 5.92 Å². The van der Waals surface area contributed by atoms with Crippen LogP contribution in [0.3, 0.4) is 0 Å². The van der Waals surface area contributed by atoms with Crippen LogP contribution in [0.4, 0.5) is 0 Å². The maximum Gasteiger partial charge on any atom is 0.143 e. The van der Waals surface area contributed by atoms with Gasteiger partial charge in [0.25, 0.3) is 0 Å². The van der Waals surface area contributed by atoms with Crippen LogP contribution in [0.2, 0.25) is 0 Å². The van der Waals surface area contributed by atoms with Crippen molar-refractivity contribution in [2.75, 3.05) is 7.11 Å². The van der Waals surface area contributed by atoms with Gasteiger partial charge in [-0.2, -0.15) is 0 Å². The first-order chi connectivity index (χ1) is 11.1. The molecular weight excluding hydrogens is 288 g/mol. The van der Waals surface area contributed by atoms with Gasteiger partial charge in [0.05, 0.1) is 13.0 Å². The number of benzene rings is 1. The summed E-state index contributed by atoms with van der Waals surface area (Å²) in [4.78, 5) is 23.6. The van der Waals surface area contributed by atoms with Gasteiger partial charge >= 0.3 is 0 Å². The van der Waals surface area contributed by atoms with Crippen LogP contribution in [0.25, 0.3) is 0 Å². The summed E-state index contributed by atoms with van der Waals surface area (Å²) < 4.78 is 5.14. The van der Waals surface area contributed by atoms with Crippen molar-refractivity contribution in [3.63, 3.8) is 0 Å². The third kappa shape index (κ3) is 6.81. The van der Waals surface area contributed by atoms with E-state index in [1.54, 1.807) is 7.11 Å². The Morgan fingerprint density at radius 2 is 1.57 bits per heavy atom. The van der Waals surface area contributed by atoms with Crippen LogP contribution in [0, 0.1) is 5.92 Å². The van der Waals surface area contributed by atoms with Gasteiger partial charge in [0.1, 0.15) is 17.3 Å². The van der Waals surface area contributed by atoms with Gasteiger partial charge in [-0.1, -0.05) is 38.1 Å². The molecule has 1 rings (SSSR count). The van der Waals surface area contributed by atoms with Gasteiger partial charge < -0.3 is 4.74 Å². The summed E-state index contributed by atoms with van der Waals surface area (Å²) >= 11 is 0. The molecule has 0 atom stereocenters. The first kappa shape index (κ1) is 19.1. The lowest BCUT2D eigenvalue weighted by Gasteiger charge is -2.11. The Kier molecular flexibility index (Phi) is 8.96. The first-order valence-electron chi connectivity index (χ1n) is 8.45. The maximum absolute atomic E-state index is 11.8. The van der Waals surface area contributed by atoms with Crippen molar-refractivity contribution >= 4 is 11.6 Å². The van der Waals surface area contributed by atoms with Crippen LogP contribution >= 0.6 is 0 Å². The number of hydrogen-bond acceptors (Lipinski definition) is 3. The van der Waals surface area contributed by atoms with E-state index in [1.165, 1.54) is 5.56 Å². The quantitative estimate of drug-likeness (QED) is 0.445. The molecule has 0 spiro atoms. The summed E-state index contributed by atoms with van der Waals surface area (Å²) in [5.41, 5.74) is 1.27. The molecule has 0 amide bonds. The molecule has 3 nitrogen and oxygen atoms in total. The van der Waals surface area contributed by atoms with Gasteiger partial charge in [-0.15, -0.1) is 0 Å². The Labute approximate surface area is 139 Å². The van der Waals surface area contributed by atoms with Crippen molar-refractivity contribution in [2.45, 2.75) is 52.4 Å². The van der Waals surface area contributed by atoms with Gasteiger partial charge in [0, 0.05) is 12.8 Å². The van der Waals surface area contributed by atoms with Crippen LogP contribution in [0.15, 0.2) is 36.4 Å². The highest BCUT2D eigenvalue weighted by Crippen LogP contribution is 2.15. The number of ether oxygens (including phenoxy) is 1. The summed E-state index contributed by atoms with van der Waals surface area (Å²) in [5, 5.41) is 0. The largest absolute Gasteiger partial charge is 0.497 e. The van der Waals surface area contributed by atoms with Crippen molar-refractivity contribution in [1.29, 1.82) is 0 Å². The van der Waals surface area contributed by atoms with E-state index in [0.717, 1.165) is 25.0 Å². The molecule has 0 saturated heterocycles. The lowest BCUT2D eigenvalue weighted by atomic mass is 9.91. The Morgan fingerprint density at radius 3 is 2.09 bits per heavy atom. The average molecular weight is 316 g/mol. The molecule has 0 aromatic heterocycles. The molecule has 0 unspecified atom stereocenters. The van der Waals surface area contributed by atoms with Gasteiger partial charge in [0.15, 0.2) is 0 Å². The summed E-state index contributed by atoms with van der Waals surface area (Å²) in [5.74, 6) is 0.611. The minimum atomic E-state index is -0.406. The molecule has 0 aliphatic rings. The van der Waals surface area contributed by atoms with E-state index in [-0.39, 0.29) is 11.6 Å². The van der Waals surface area contributed by atoms with Crippen LogP contribution in [-0.2, 0) is 16.0 Å². The van der Waals surface area contributed by atoms with Crippen LogP contribution in [-0.4, -0.2) is 18.7 Å². The minimum absolute atomic E-state index is 0.0727. The summed E-state index contributed by atoms with van der Waals surface area (Å²) in [6, 6.07) is 8.08. The number of ketones is 2. The van der Waals surface area contributed by atoms with Crippen molar-refractivity contribution in [1.82, 2.24) is 0 Å². The number of allylic oxidation sites excluding steroid dienone is 2. The fraction of sp³-hybridized carbons (Fsp3) is 0.500. The Balaban J connectivity index is 2.34. The fourth-order valence-corrected chi connectivity index (χ4v) is 2.54. The predicted molar refractivity (Wildman–Crippen MR) is 93.8 cm³/mol. The number of rotatable bonds is 11. The second-order valence-electron chi connectivity index (χ2n) is 5.63. The Bertz CT molecular complexity index is 498. The maximum atomic E-state index is 11.8. The average Bonchev–Trinajstić information content (AvgIpc) is 2.60. The molecule has 0 bridgehead atoms. The Hall–Kier alpha value is -1.90. The number of hydrogen-bond donors (Lipinski definition) is 0. The van der Waals surface area contributed by atoms with E-state index in [4.69, 9.17) is 4.74 Å². The smallest absolute Gasteiger partial charge is 0.143 e. The van der Waals surface area contributed by atoms with Gasteiger partial charge in [-0.05, 0) is 43.4 Å². The molecule has 23 heavy (non-hydrogen) atoms. The fourth-order valence-electron chi connectivity index (χ4n) is 2.54. The molecule has 0 heterocycles. The molecule has 0 radical (unpaired) electrons. The first-order valence-corrected chi connectivity index (χ1v) is 8.45. The highest BCUT2D eigenvalue weighted by Gasteiger charge is 2.22. The van der Waals surface area contributed by atoms with E-state index in [9.17, 15) is 9.59 Å². The topological polar surface area (TPSA) is 43.4 Å². The number of aryl methyl sites for hydroxylation is 1. The summed E-state index contributed by atoms with van der Waals surface area (Å²) in [6.45, 7) is 3.64. The van der Waals surface area contributed by atoms with Crippen molar-refractivity contribution in [3.8, 4) is 5.75 Å². The second kappa shape index (κ2) is 10.8. The molecular formula is C20H28O3. The van der Waals surface area contributed by atoms with E-state index < -0.39 is 5.92 Å². The lowest BCUT2D eigenvalue weighted by molar-refractivity contribution is -0.132. The summed E-state index contributed by atoms with van der Waals surface area (Å²) in [7, 11) is 1.66. The van der Waals surface area contributed by atoms with E-state index in [2.05, 4.69) is 24.3 Å². The third-order valence-corrected chi connectivity index (χ3v) is 4.02. The molecule has 0 aliphatic heterocycles. The van der Waals surface area contributed by atoms with Gasteiger partial charge in [-0.25, -0.2) is 0 Å². The lowest BCUT2D eigenvalue weighted by Crippen LogP contribution is -2.22. The Morgan fingerprint density at radius 1 is 1.00 bits per heavy atom. The zero-order valence-electron chi connectivity index (χ0n) is 14.5. The minimum Gasteiger partial charge on any atom is -0.497 e. The van der Waals surface area contributed by atoms with Crippen molar-refractivity contribution < 1.29 is 14.3 Å². The molecule has 1 aromatic rings. The van der Waals surface area contributed by atoms with E-state index in [0.29, 0.717) is 19.3 Å². The zero-order chi connectivity index (χ0) is 17.1. The van der Waals surface area contributed by atoms with Crippen LogP contribution < -0.4 is 4.74 Å².